The predicted molar refractivity (Wildman–Crippen MR) is 148 cm³/mol. The molecule has 1 fully saturated rings. The van der Waals surface area contributed by atoms with Gasteiger partial charge in [0.15, 0.2) is 5.82 Å². The Labute approximate surface area is 229 Å². The van der Waals surface area contributed by atoms with Crippen molar-refractivity contribution in [3.8, 4) is 0 Å². The van der Waals surface area contributed by atoms with Gasteiger partial charge in [0.2, 0.25) is 0 Å². The lowest BCUT2D eigenvalue weighted by Crippen LogP contribution is -2.39. The van der Waals surface area contributed by atoms with Crippen LogP contribution in [0, 0.1) is 12.7 Å². The summed E-state index contributed by atoms with van der Waals surface area (Å²) in [6, 6.07) is 17.8. The summed E-state index contributed by atoms with van der Waals surface area (Å²) in [6.07, 6.45) is 2.03. The van der Waals surface area contributed by atoms with E-state index in [1.165, 1.54) is 17.0 Å². The van der Waals surface area contributed by atoms with E-state index in [2.05, 4.69) is 42.9 Å². The number of nitrogens with zero attached hydrogens (tertiary/aromatic N) is 5. The summed E-state index contributed by atoms with van der Waals surface area (Å²) in [5.74, 6) is 0.247. The van der Waals surface area contributed by atoms with Crippen molar-refractivity contribution in [1.82, 2.24) is 30.1 Å². The average molecular weight is 545 g/mol. The largest absolute Gasteiger partial charge is 0.377 e. The van der Waals surface area contributed by atoms with Crippen molar-refractivity contribution >= 4 is 22.2 Å². The highest BCUT2D eigenvalue weighted by Crippen LogP contribution is 2.31. The maximum atomic E-state index is 13.7. The van der Waals surface area contributed by atoms with E-state index >= 15 is 0 Å². The lowest BCUT2D eigenvalue weighted by atomic mass is 10.0. The molecule has 10 heteroatoms. The van der Waals surface area contributed by atoms with Crippen LogP contribution >= 0.6 is 11.3 Å². The Morgan fingerprint density at radius 2 is 2.08 bits per heavy atom. The van der Waals surface area contributed by atoms with Crippen molar-refractivity contribution in [1.29, 1.82) is 0 Å². The zero-order chi connectivity index (χ0) is 26.8. The van der Waals surface area contributed by atoms with Crippen LogP contribution in [0.15, 0.2) is 70.8 Å². The minimum absolute atomic E-state index is 0.0515. The fourth-order valence-corrected chi connectivity index (χ4v) is 5.97. The summed E-state index contributed by atoms with van der Waals surface area (Å²) in [4.78, 5) is 20.2. The van der Waals surface area contributed by atoms with E-state index in [0.717, 1.165) is 41.5 Å². The number of rotatable bonds is 9. The Kier molecular flexibility index (Phi) is 7.32. The van der Waals surface area contributed by atoms with E-state index in [1.807, 2.05) is 31.2 Å². The number of halogens is 1. The van der Waals surface area contributed by atoms with Crippen LogP contribution < -0.4 is 5.56 Å². The van der Waals surface area contributed by atoms with Gasteiger partial charge in [-0.25, -0.2) is 9.07 Å². The molecule has 200 valence electrons. The van der Waals surface area contributed by atoms with Gasteiger partial charge in [0.1, 0.15) is 11.9 Å². The number of hydrogen-bond donors (Lipinski definition) is 1. The summed E-state index contributed by atoms with van der Waals surface area (Å²) < 4.78 is 21.3. The smallest absolute Gasteiger partial charge is 0.253 e. The third-order valence-corrected chi connectivity index (χ3v) is 8.00. The lowest BCUT2D eigenvalue weighted by molar-refractivity contribution is 0.0578. The van der Waals surface area contributed by atoms with E-state index in [9.17, 15) is 9.18 Å². The quantitative estimate of drug-likeness (QED) is 0.286. The van der Waals surface area contributed by atoms with Crippen LogP contribution in [-0.2, 0) is 17.8 Å². The second-order valence-electron chi connectivity index (χ2n) is 10.0. The minimum atomic E-state index is -0.541. The number of hydrogen-bond acceptors (Lipinski definition) is 7. The fraction of sp³-hybridized carbons (Fsp3) is 0.310. The first-order chi connectivity index (χ1) is 19.0. The molecule has 0 unspecified atom stereocenters. The van der Waals surface area contributed by atoms with Gasteiger partial charge in [-0.15, -0.1) is 16.4 Å². The molecule has 1 N–H and O–H groups in total. The number of nitrogens with one attached hydrogen (secondary N) is 1. The van der Waals surface area contributed by atoms with Crippen LogP contribution in [0.25, 0.3) is 10.9 Å². The molecule has 39 heavy (non-hydrogen) atoms. The molecule has 2 aromatic carbocycles. The Hall–Kier alpha value is -3.73. The number of tetrazole rings is 1. The standard InChI is InChI=1S/C29H29FN6O2S/c1-19-6-11-26-21(14-19)15-25(29(37)31-26)27(28-32-33-34-36(28)16-20-7-9-22(30)10-8-20)35(17-23-4-2-12-38-23)18-24-5-3-13-39-24/h3,5-11,13-15,23,27H,2,4,12,16-18H2,1H3,(H,31,37)/t23-,27+/m1/s1. The second kappa shape index (κ2) is 11.2. The van der Waals surface area contributed by atoms with Crippen LogP contribution in [0.3, 0.4) is 0 Å². The van der Waals surface area contributed by atoms with Crippen molar-refractivity contribution in [3.63, 3.8) is 0 Å². The van der Waals surface area contributed by atoms with Gasteiger partial charge >= 0.3 is 0 Å². The Morgan fingerprint density at radius 1 is 1.21 bits per heavy atom. The van der Waals surface area contributed by atoms with Gasteiger partial charge in [0.05, 0.1) is 12.6 Å². The van der Waals surface area contributed by atoms with Gasteiger partial charge in [-0.2, -0.15) is 0 Å². The van der Waals surface area contributed by atoms with Crippen molar-refractivity contribution in [2.45, 2.75) is 45.0 Å². The van der Waals surface area contributed by atoms with Crippen LogP contribution in [0.2, 0.25) is 0 Å². The number of thiophene rings is 1. The fourth-order valence-electron chi connectivity index (χ4n) is 5.24. The third-order valence-electron chi connectivity index (χ3n) is 7.14. The number of aromatic amines is 1. The molecule has 2 atom stereocenters. The van der Waals surface area contributed by atoms with E-state index in [1.54, 1.807) is 28.2 Å². The van der Waals surface area contributed by atoms with E-state index < -0.39 is 6.04 Å². The zero-order valence-corrected chi connectivity index (χ0v) is 22.4. The van der Waals surface area contributed by atoms with E-state index in [0.29, 0.717) is 31.0 Å². The zero-order valence-electron chi connectivity index (χ0n) is 21.6. The first-order valence-corrected chi connectivity index (χ1v) is 13.9. The van der Waals surface area contributed by atoms with Crippen LogP contribution in [0.1, 0.15) is 46.3 Å². The Morgan fingerprint density at radius 3 is 2.85 bits per heavy atom. The molecule has 3 aromatic heterocycles. The third kappa shape index (κ3) is 5.68. The molecule has 0 saturated carbocycles. The maximum Gasteiger partial charge on any atom is 0.253 e. The predicted octanol–water partition coefficient (Wildman–Crippen LogP) is 4.84. The first-order valence-electron chi connectivity index (χ1n) is 13.1. The van der Waals surface area contributed by atoms with Gasteiger partial charge in [-0.3, -0.25) is 9.69 Å². The van der Waals surface area contributed by atoms with Gasteiger partial charge < -0.3 is 9.72 Å². The summed E-state index contributed by atoms with van der Waals surface area (Å²) in [7, 11) is 0. The molecular weight excluding hydrogens is 515 g/mol. The highest BCUT2D eigenvalue weighted by molar-refractivity contribution is 7.09. The molecule has 1 aliphatic rings. The van der Waals surface area contributed by atoms with Crippen LogP contribution in [0.4, 0.5) is 4.39 Å². The molecule has 6 rings (SSSR count). The minimum Gasteiger partial charge on any atom is -0.377 e. The number of fused-ring (bicyclic) bond motifs is 1. The monoisotopic (exact) mass is 544 g/mol. The van der Waals surface area contributed by atoms with Gasteiger partial charge in [-0.05, 0) is 82.9 Å². The van der Waals surface area contributed by atoms with Gasteiger partial charge in [0.25, 0.3) is 5.56 Å². The average Bonchev–Trinajstić information content (AvgIpc) is 3.71. The number of ether oxygens (including phenoxy) is 1. The number of H-pyrrole nitrogens is 1. The SMILES string of the molecule is Cc1ccc2[nH]c(=O)c([C@@H](c3nnnn3Cc3ccc(F)cc3)N(Cc3cccs3)C[C@H]3CCCO3)cc2c1. The highest BCUT2D eigenvalue weighted by Gasteiger charge is 2.33. The van der Waals surface area contributed by atoms with Crippen molar-refractivity contribution in [3.05, 3.63) is 110 Å². The number of benzene rings is 2. The van der Waals surface area contributed by atoms with E-state index in [-0.39, 0.29) is 17.5 Å². The van der Waals surface area contributed by atoms with E-state index in [4.69, 9.17) is 4.74 Å². The summed E-state index contributed by atoms with van der Waals surface area (Å²) in [6.45, 7) is 4.34. The Balaban J connectivity index is 1.49. The maximum absolute atomic E-state index is 13.7. The molecule has 8 nitrogen and oxygen atoms in total. The molecule has 0 spiro atoms. The molecular formula is C29H29FN6O2S. The second-order valence-corrected chi connectivity index (χ2v) is 11.0. The summed E-state index contributed by atoms with van der Waals surface area (Å²) >= 11 is 1.67. The lowest BCUT2D eigenvalue weighted by Gasteiger charge is -2.32. The molecule has 5 aromatic rings. The molecule has 0 amide bonds. The molecule has 0 aliphatic carbocycles. The first kappa shape index (κ1) is 25.5. The molecule has 0 bridgehead atoms. The topological polar surface area (TPSA) is 88.9 Å². The van der Waals surface area contributed by atoms with Crippen molar-refractivity contribution < 1.29 is 9.13 Å². The van der Waals surface area contributed by atoms with Crippen molar-refractivity contribution in [2.24, 2.45) is 0 Å². The summed E-state index contributed by atoms with van der Waals surface area (Å²) in [5.41, 5.74) is 3.13. The van der Waals surface area contributed by atoms with Gasteiger partial charge in [-0.1, -0.05) is 29.8 Å². The number of pyridine rings is 1. The Bertz CT molecular complexity index is 1610. The van der Waals surface area contributed by atoms with Crippen LogP contribution in [0.5, 0.6) is 0 Å². The number of aryl methyl sites for hydroxylation is 1. The van der Waals surface area contributed by atoms with Gasteiger partial charge in [0, 0.05) is 35.7 Å². The number of aromatic nitrogens is 5. The van der Waals surface area contributed by atoms with Crippen LogP contribution in [-0.4, -0.2) is 49.3 Å². The molecule has 0 radical (unpaired) electrons. The van der Waals surface area contributed by atoms with Crippen molar-refractivity contribution in [2.75, 3.05) is 13.2 Å². The summed E-state index contributed by atoms with van der Waals surface area (Å²) in [5, 5.41) is 15.8. The molecule has 4 heterocycles. The normalized spacial score (nSPS) is 16.3. The molecule has 1 aliphatic heterocycles. The highest BCUT2D eigenvalue weighted by atomic mass is 32.1. The molecule has 1 saturated heterocycles.